The van der Waals surface area contributed by atoms with Crippen LogP contribution < -0.4 is 0 Å². The highest BCUT2D eigenvalue weighted by atomic mass is 19.1. The lowest BCUT2D eigenvalue weighted by Gasteiger charge is -2.18. The van der Waals surface area contributed by atoms with Gasteiger partial charge in [0.05, 0.1) is 11.1 Å². The zero-order valence-electron chi connectivity index (χ0n) is 9.74. The number of aryl methyl sites for hydroxylation is 1. The number of carbonyl (C=O) groups is 1. The van der Waals surface area contributed by atoms with Crippen molar-refractivity contribution in [3.8, 4) is 0 Å². The van der Waals surface area contributed by atoms with Crippen LogP contribution in [0.4, 0.5) is 4.39 Å². The standard InChI is InChI=1S/C14H12FNO2/c15-8-5-6-12-10(7-8)13(14(17)18)9-3-1-2-4-11(9)16-12/h5-7H,1-4H2,(H,17,18). The van der Waals surface area contributed by atoms with Gasteiger partial charge in [-0.3, -0.25) is 4.98 Å². The third-order valence-electron chi connectivity index (χ3n) is 3.44. The Balaban J connectivity index is 2.41. The Morgan fingerprint density at radius 3 is 2.83 bits per heavy atom. The smallest absolute Gasteiger partial charge is 0.336 e. The first-order valence-electron chi connectivity index (χ1n) is 6.01. The second kappa shape index (κ2) is 4.05. The summed E-state index contributed by atoms with van der Waals surface area (Å²) in [6.07, 6.45) is 3.53. The second-order valence-corrected chi connectivity index (χ2v) is 4.59. The van der Waals surface area contributed by atoms with Crippen molar-refractivity contribution in [3.63, 3.8) is 0 Å². The van der Waals surface area contributed by atoms with Gasteiger partial charge in [-0.15, -0.1) is 0 Å². The molecule has 18 heavy (non-hydrogen) atoms. The Morgan fingerprint density at radius 2 is 2.06 bits per heavy atom. The van der Waals surface area contributed by atoms with Gasteiger partial charge in [0.25, 0.3) is 0 Å². The van der Waals surface area contributed by atoms with Crippen LogP contribution in [0.1, 0.15) is 34.5 Å². The summed E-state index contributed by atoms with van der Waals surface area (Å²) in [5, 5.41) is 9.79. The SMILES string of the molecule is O=C(O)c1c2c(nc3ccc(F)cc13)CCCC2. The van der Waals surface area contributed by atoms with E-state index in [0.717, 1.165) is 36.9 Å². The summed E-state index contributed by atoms with van der Waals surface area (Å²) in [7, 11) is 0. The summed E-state index contributed by atoms with van der Waals surface area (Å²) in [4.78, 5) is 15.9. The predicted molar refractivity (Wildman–Crippen MR) is 65.3 cm³/mol. The van der Waals surface area contributed by atoms with E-state index in [1.165, 1.54) is 12.1 Å². The molecule has 0 bridgehead atoms. The molecule has 3 rings (SSSR count). The van der Waals surface area contributed by atoms with Crippen molar-refractivity contribution in [2.24, 2.45) is 0 Å². The van der Waals surface area contributed by atoms with Crippen LogP contribution in [0.2, 0.25) is 0 Å². The van der Waals surface area contributed by atoms with E-state index in [1.807, 2.05) is 0 Å². The molecule has 0 fully saturated rings. The number of halogens is 1. The zero-order chi connectivity index (χ0) is 12.7. The van der Waals surface area contributed by atoms with Crippen molar-refractivity contribution >= 4 is 16.9 Å². The van der Waals surface area contributed by atoms with Gasteiger partial charge in [0.2, 0.25) is 0 Å². The summed E-state index contributed by atoms with van der Waals surface area (Å²) >= 11 is 0. The molecule has 1 aliphatic carbocycles. The minimum Gasteiger partial charge on any atom is -0.478 e. The third-order valence-corrected chi connectivity index (χ3v) is 3.44. The van der Waals surface area contributed by atoms with E-state index in [0.29, 0.717) is 10.9 Å². The molecule has 0 amide bonds. The Kier molecular flexibility index (Phi) is 2.51. The largest absolute Gasteiger partial charge is 0.478 e. The number of fused-ring (bicyclic) bond motifs is 2. The molecule has 92 valence electrons. The molecule has 1 heterocycles. The van der Waals surface area contributed by atoms with Crippen molar-refractivity contribution < 1.29 is 14.3 Å². The van der Waals surface area contributed by atoms with Crippen LogP contribution in [0.3, 0.4) is 0 Å². The monoisotopic (exact) mass is 245 g/mol. The fourth-order valence-electron chi connectivity index (χ4n) is 2.64. The van der Waals surface area contributed by atoms with Crippen LogP contribution in [0.5, 0.6) is 0 Å². The van der Waals surface area contributed by atoms with Gasteiger partial charge < -0.3 is 5.11 Å². The summed E-state index contributed by atoms with van der Waals surface area (Å²) in [6, 6.07) is 4.13. The molecule has 0 aliphatic heterocycles. The van der Waals surface area contributed by atoms with Crippen LogP contribution in [-0.2, 0) is 12.8 Å². The van der Waals surface area contributed by atoms with Gasteiger partial charge in [0.1, 0.15) is 5.82 Å². The van der Waals surface area contributed by atoms with Crippen LogP contribution in [0.25, 0.3) is 10.9 Å². The van der Waals surface area contributed by atoms with Gasteiger partial charge in [0, 0.05) is 11.1 Å². The highest BCUT2D eigenvalue weighted by molar-refractivity contribution is 6.04. The molecule has 0 unspecified atom stereocenters. The van der Waals surface area contributed by atoms with Crippen molar-refractivity contribution in [2.75, 3.05) is 0 Å². The number of carboxylic acids is 1. The third kappa shape index (κ3) is 1.65. The number of hydrogen-bond donors (Lipinski definition) is 1. The average molecular weight is 245 g/mol. The highest BCUT2D eigenvalue weighted by Gasteiger charge is 2.22. The fraction of sp³-hybridized carbons (Fsp3) is 0.286. The molecule has 0 saturated heterocycles. The molecule has 0 atom stereocenters. The summed E-state index contributed by atoms with van der Waals surface area (Å²) in [5.74, 6) is -1.42. The molecule has 3 nitrogen and oxygen atoms in total. The average Bonchev–Trinajstić information content (AvgIpc) is 2.35. The van der Waals surface area contributed by atoms with E-state index in [-0.39, 0.29) is 5.56 Å². The number of carboxylic acid groups (broad SMARTS) is 1. The zero-order valence-corrected chi connectivity index (χ0v) is 9.74. The summed E-state index contributed by atoms with van der Waals surface area (Å²) in [6.45, 7) is 0. The first kappa shape index (κ1) is 11.1. The van der Waals surface area contributed by atoms with Crippen LogP contribution in [0, 0.1) is 5.82 Å². The molecular formula is C14H12FNO2. The number of aromatic carboxylic acids is 1. The van der Waals surface area contributed by atoms with Gasteiger partial charge in [-0.2, -0.15) is 0 Å². The lowest BCUT2D eigenvalue weighted by Crippen LogP contribution is -2.13. The summed E-state index contributed by atoms with van der Waals surface area (Å²) in [5.41, 5.74) is 2.44. The Labute approximate surface area is 103 Å². The van der Waals surface area contributed by atoms with Crippen LogP contribution in [0.15, 0.2) is 18.2 Å². The van der Waals surface area contributed by atoms with Gasteiger partial charge in [-0.1, -0.05) is 0 Å². The molecule has 0 spiro atoms. The molecular weight excluding hydrogens is 233 g/mol. The minimum atomic E-state index is -0.994. The van der Waals surface area contributed by atoms with Gasteiger partial charge >= 0.3 is 5.97 Å². The topological polar surface area (TPSA) is 50.2 Å². The van der Waals surface area contributed by atoms with Crippen LogP contribution >= 0.6 is 0 Å². The van der Waals surface area contributed by atoms with E-state index in [9.17, 15) is 14.3 Å². The van der Waals surface area contributed by atoms with E-state index in [4.69, 9.17) is 0 Å². The van der Waals surface area contributed by atoms with E-state index >= 15 is 0 Å². The molecule has 2 aromatic rings. The molecule has 1 aromatic carbocycles. The van der Waals surface area contributed by atoms with Crippen molar-refractivity contribution in [2.45, 2.75) is 25.7 Å². The van der Waals surface area contributed by atoms with Crippen molar-refractivity contribution in [3.05, 3.63) is 40.8 Å². The van der Waals surface area contributed by atoms with E-state index < -0.39 is 11.8 Å². The maximum Gasteiger partial charge on any atom is 0.336 e. The lowest BCUT2D eigenvalue weighted by molar-refractivity contribution is 0.0697. The normalized spacial score (nSPS) is 14.5. The van der Waals surface area contributed by atoms with Gasteiger partial charge in [-0.05, 0) is 49.4 Å². The number of aromatic nitrogens is 1. The maximum absolute atomic E-state index is 13.3. The molecule has 0 saturated carbocycles. The quantitative estimate of drug-likeness (QED) is 0.840. The molecule has 1 N–H and O–H groups in total. The predicted octanol–water partition coefficient (Wildman–Crippen LogP) is 2.95. The number of benzene rings is 1. The molecule has 4 heteroatoms. The van der Waals surface area contributed by atoms with Crippen LogP contribution in [-0.4, -0.2) is 16.1 Å². The first-order valence-corrected chi connectivity index (χ1v) is 6.01. The number of pyridine rings is 1. The van der Waals surface area contributed by atoms with Crippen molar-refractivity contribution in [1.29, 1.82) is 0 Å². The highest BCUT2D eigenvalue weighted by Crippen LogP contribution is 2.29. The number of rotatable bonds is 1. The van der Waals surface area contributed by atoms with Gasteiger partial charge in [-0.25, -0.2) is 9.18 Å². The lowest BCUT2D eigenvalue weighted by atomic mass is 9.90. The maximum atomic E-state index is 13.3. The second-order valence-electron chi connectivity index (χ2n) is 4.59. The molecule has 1 aliphatic rings. The van der Waals surface area contributed by atoms with E-state index in [2.05, 4.69) is 4.98 Å². The van der Waals surface area contributed by atoms with E-state index in [1.54, 1.807) is 6.07 Å². The minimum absolute atomic E-state index is 0.231. The first-order chi connectivity index (χ1) is 8.66. The fourth-order valence-corrected chi connectivity index (χ4v) is 2.64. The Bertz CT molecular complexity index is 652. The number of nitrogens with zero attached hydrogens (tertiary/aromatic N) is 1. The number of hydrogen-bond acceptors (Lipinski definition) is 2. The van der Waals surface area contributed by atoms with Crippen molar-refractivity contribution in [1.82, 2.24) is 4.98 Å². The molecule has 0 radical (unpaired) electrons. The Morgan fingerprint density at radius 1 is 1.28 bits per heavy atom. The Hall–Kier alpha value is -1.97. The molecule has 1 aromatic heterocycles. The summed E-state index contributed by atoms with van der Waals surface area (Å²) < 4.78 is 13.3. The van der Waals surface area contributed by atoms with Gasteiger partial charge in [0.15, 0.2) is 0 Å².